The average Bonchev–Trinajstić information content (AvgIpc) is 2.69. The second-order valence-corrected chi connectivity index (χ2v) is 8.19. The Kier molecular flexibility index (Phi) is 8.41. The van der Waals surface area contributed by atoms with Crippen LogP contribution in [0.3, 0.4) is 0 Å². The summed E-state index contributed by atoms with van der Waals surface area (Å²) in [5, 5.41) is 7.12. The standard InChI is InChI=1S/C19H27FN2O2.C2HF3O2/c1-15(2)18(23)22-9-3-8-19(14-22)13-21(10-11-24-19)12-16-4-6-17(20)7-5-16;3-2(4,5)1(6)7/h4-7,15H,3,8-14H2,1-2H3;(H,6,7). The Morgan fingerprint density at radius 2 is 1.77 bits per heavy atom. The van der Waals surface area contributed by atoms with Crippen LogP contribution >= 0.6 is 0 Å². The minimum atomic E-state index is -5.08. The van der Waals surface area contributed by atoms with Crippen molar-refractivity contribution in [2.75, 3.05) is 32.8 Å². The van der Waals surface area contributed by atoms with Crippen molar-refractivity contribution in [2.45, 2.75) is 45.0 Å². The number of benzene rings is 1. The molecule has 1 unspecified atom stereocenters. The molecule has 2 aliphatic heterocycles. The maximum Gasteiger partial charge on any atom is 0.490 e. The van der Waals surface area contributed by atoms with Crippen molar-refractivity contribution < 1.29 is 37.0 Å². The first-order chi connectivity index (χ1) is 14.4. The molecule has 2 saturated heterocycles. The van der Waals surface area contributed by atoms with Gasteiger partial charge in [-0.05, 0) is 30.5 Å². The summed E-state index contributed by atoms with van der Waals surface area (Å²) >= 11 is 0. The van der Waals surface area contributed by atoms with Gasteiger partial charge in [0.05, 0.1) is 18.8 Å². The number of halogens is 4. The molecule has 0 bridgehead atoms. The molecule has 0 aliphatic carbocycles. The van der Waals surface area contributed by atoms with E-state index in [0.29, 0.717) is 13.2 Å². The van der Waals surface area contributed by atoms with E-state index in [1.165, 1.54) is 12.1 Å². The molecule has 31 heavy (non-hydrogen) atoms. The Morgan fingerprint density at radius 3 is 2.32 bits per heavy atom. The molecule has 3 rings (SSSR count). The number of carbonyl (C=O) groups excluding carboxylic acids is 1. The third-order valence-corrected chi connectivity index (χ3v) is 5.23. The highest BCUT2D eigenvalue weighted by molar-refractivity contribution is 5.78. The summed E-state index contributed by atoms with van der Waals surface area (Å²) in [6, 6.07) is 6.70. The van der Waals surface area contributed by atoms with Gasteiger partial charge >= 0.3 is 12.1 Å². The maximum absolute atomic E-state index is 13.1. The molecule has 0 saturated carbocycles. The second-order valence-electron chi connectivity index (χ2n) is 8.19. The van der Waals surface area contributed by atoms with Crippen LogP contribution in [0.15, 0.2) is 24.3 Å². The average molecular weight is 448 g/mol. The summed E-state index contributed by atoms with van der Waals surface area (Å²) in [6.07, 6.45) is -3.10. The third kappa shape index (κ3) is 7.46. The Labute approximate surface area is 178 Å². The number of rotatable bonds is 3. The lowest BCUT2D eigenvalue weighted by Gasteiger charge is -2.48. The van der Waals surface area contributed by atoms with E-state index >= 15 is 0 Å². The second kappa shape index (κ2) is 10.4. The van der Waals surface area contributed by atoms with Gasteiger partial charge in [0.2, 0.25) is 5.91 Å². The quantitative estimate of drug-likeness (QED) is 0.719. The van der Waals surface area contributed by atoms with Gasteiger partial charge in [-0.3, -0.25) is 9.69 Å². The van der Waals surface area contributed by atoms with Gasteiger partial charge in [0.25, 0.3) is 0 Å². The number of aliphatic carboxylic acids is 1. The number of hydrogen-bond acceptors (Lipinski definition) is 4. The fourth-order valence-electron chi connectivity index (χ4n) is 3.80. The monoisotopic (exact) mass is 448 g/mol. The molecule has 1 spiro atoms. The number of hydrogen-bond donors (Lipinski definition) is 1. The predicted octanol–water partition coefficient (Wildman–Crippen LogP) is 3.31. The first-order valence-corrected chi connectivity index (χ1v) is 10.1. The van der Waals surface area contributed by atoms with Crippen LogP contribution in [0.25, 0.3) is 0 Å². The van der Waals surface area contributed by atoms with E-state index in [0.717, 1.165) is 44.6 Å². The third-order valence-electron chi connectivity index (χ3n) is 5.23. The van der Waals surface area contributed by atoms with Gasteiger partial charge in [-0.15, -0.1) is 0 Å². The van der Waals surface area contributed by atoms with Crippen molar-refractivity contribution in [2.24, 2.45) is 5.92 Å². The van der Waals surface area contributed by atoms with Gasteiger partial charge in [-0.1, -0.05) is 26.0 Å². The lowest BCUT2D eigenvalue weighted by Crippen LogP contribution is -2.60. The summed E-state index contributed by atoms with van der Waals surface area (Å²) in [5.41, 5.74) is 0.862. The van der Waals surface area contributed by atoms with Crippen LogP contribution in [0.4, 0.5) is 17.6 Å². The van der Waals surface area contributed by atoms with E-state index < -0.39 is 12.1 Å². The van der Waals surface area contributed by atoms with E-state index in [-0.39, 0.29) is 23.2 Å². The van der Waals surface area contributed by atoms with Crippen molar-refractivity contribution in [3.63, 3.8) is 0 Å². The summed E-state index contributed by atoms with van der Waals surface area (Å²) in [4.78, 5) is 25.6. The molecule has 6 nitrogen and oxygen atoms in total. The first-order valence-electron chi connectivity index (χ1n) is 10.1. The van der Waals surface area contributed by atoms with Gasteiger partial charge in [-0.25, -0.2) is 9.18 Å². The number of carboxylic acids is 1. The van der Waals surface area contributed by atoms with Crippen molar-refractivity contribution in [1.82, 2.24) is 9.80 Å². The maximum atomic E-state index is 13.1. The first kappa shape index (κ1) is 25.1. The number of ether oxygens (including phenoxy) is 1. The number of carboxylic acid groups (broad SMARTS) is 1. The largest absolute Gasteiger partial charge is 0.490 e. The van der Waals surface area contributed by atoms with Gasteiger partial charge in [0, 0.05) is 32.1 Å². The molecule has 174 valence electrons. The number of carbonyl (C=O) groups is 2. The lowest BCUT2D eigenvalue weighted by atomic mass is 9.90. The van der Waals surface area contributed by atoms with Crippen molar-refractivity contribution in [1.29, 1.82) is 0 Å². The van der Waals surface area contributed by atoms with Gasteiger partial charge < -0.3 is 14.7 Å². The molecule has 0 aromatic heterocycles. The zero-order chi connectivity index (χ0) is 23.2. The van der Waals surface area contributed by atoms with Crippen LogP contribution in [0.1, 0.15) is 32.3 Å². The van der Waals surface area contributed by atoms with Crippen LogP contribution < -0.4 is 0 Å². The highest BCUT2D eigenvalue weighted by Crippen LogP contribution is 2.30. The van der Waals surface area contributed by atoms with Crippen LogP contribution in [0, 0.1) is 11.7 Å². The van der Waals surface area contributed by atoms with Crippen LogP contribution in [-0.4, -0.2) is 71.3 Å². The number of amides is 1. The zero-order valence-electron chi connectivity index (χ0n) is 17.6. The highest BCUT2D eigenvalue weighted by Gasteiger charge is 2.42. The molecule has 0 radical (unpaired) electrons. The van der Waals surface area contributed by atoms with Gasteiger partial charge in [0.1, 0.15) is 5.82 Å². The highest BCUT2D eigenvalue weighted by atomic mass is 19.4. The number of alkyl halides is 3. The summed E-state index contributed by atoms with van der Waals surface area (Å²) in [6.45, 7) is 8.60. The Balaban J connectivity index is 0.000000423. The minimum absolute atomic E-state index is 0.0269. The Hall–Kier alpha value is -2.20. The minimum Gasteiger partial charge on any atom is -0.475 e. The predicted molar refractivity (Wildman–Crippen MR) is 105 cm³/mol. The normalized spacial score (nSPS) is 22.2. The van der Waals surface area contributed by atoms with Crippen molar-refractivity contribution in [3.8, 4) is 0 Å². The molecular weight excluding hydrogens is 420 g/mol. The molecule has 10 heteroatoms. The SMILES string of the molecule is CC(C)C(=O)N1CCCC2(CN(Cc3ccc(F)cc3)CCO2)C1.O=C(O)C(F)(F)F. The molecule has 1 N–H and O–H groups in total. The summed E-state index contributed by atoms with van der Waals surface area (Å²) < 4.78 is 51.0. The topological polar surface area (TPSA) is 70.1 Å². The van der Waals surface area contributed by atoms with E-state index in [9.17, 15) is 22.4 Å². The number of morpholine rings is 1. The molecule has 1 atom stereocenters. The van der Waals surface area contributed by atoms with E-state index in [4.69, 9.17) is 14.6 Å². The van der Waals surface area contributed by atoms with Crippen molar-refractivity contribution in [3.05, 3.63) is 35.6 Å². The zero-order valence-corrected chi connectivity index (χ0v) is 17.6. The molecule has 2 fully saturated rings. The molecule has 1 amide bonds. The number of nitrogens with zero attached hydrogens (tertiary/aromatic N) is 2. The number of piperidine rings is 1. The van der Waals surface area contributed by atoms with Crippen molar-refractivity contribution >= 4 is 11.9 Å². The van der Waals surface area contributed by atoms with Crippen LogP contribution in [0.2, 0.25) is 0 Å². The van der Waals surface area contributed by atoms with Crippen LogP contribution in [0.5, 0.6) is 0 Å². The fourth-order valence-corrected chi connectivity index (χ4v) is 3.80. The van der Waals surface area contributed by atoms with Gasteiger partial charge in [0.15, 0.2) is 0 Å². The van der Waals surface area contributed by atoms with Gasteiger partial charge in [-0.2, -0.15) is 13.2 Å². The molecule has 2 heterocycles. The molecule has 1 aromatic rings. The lowest BCUT2D eigenvalue weighted by molar-refractivity contribution is -0.192. The van der Waals surface area contributed by atoms with E-state index in [1.54, 1.807) is 0 Å². The van der Waals surface area contributed by atoms with E-state index in [2.05, 4.69) is 4.90 Å². The van der Waals surface area contributed by atoms with E-state index in [1.807, 2.05) is 30.9 Å². The Morgan fingerprint density at radius 1 is 1.16 bits per heavy atom. The summed E-state index contributed by atoms with van der Waals surface area (Å²) in [7, 11) is 0. The molecule has 1 aromatic carbocycles. The fraction of sp³-hybridized carbons (Fsp3) is 0.619. The van der Waals surface area contributed by atoms with Crippen LogP contribution in [-0.2, 0) is 20.9 Å². The summed E-state index contributed by atoms with van der Waals surface area (Å²) in [5.74, 6) is -2.72. The smallest absolute Gasteiger partial charge is 0.475 e. The Bertz CT molecular complexity index is 751. The molecule has 2 aliphatic rings. The molecular formula is C21H28F4N2O4. The number of likely N-dealkylation sites (tertiary alicyclic amines) is 1.